The van der Waals surface area contributed by atoms with Crippen LogP contribution in [0.25, 0.3) is 0 Å². The molecular formula is C16H15NO3. The van der Waals surface area contributed by atoms with Crippen LogP contribution in [0.4, 0.5) is 0 Å². The second-order valence-electron chi connectivity index (χ2n) is 4.44. The summed E-state index contributed by atoms with van der Waals surface area (Å²) < 4.78 is 0. The SMILES string of the molecule is O=C(O)CNC(=O)c1ccc(Cc2ccccc2)cc1. The maximum absolute atomic E-state index is 11.6. The van der Waals surface area contributed by atoms with E-state index in [1.807, 2.05) is 42.5 Å². The van der Waals surface area contributed by atoms with Gasteiger partial charge in [0.1, 0.15) is 6.54 Å². The highest BCUT2D eigenvalue weighted by molar-refractivity contribution is 5.95. The van der Waals surface area contributed by atoms with E-state index in [4.69, 9.17) is 5.11 Å². The normalized spacial score (nSPS) is 10.0. The van der Waals surface area contributed by atoms with Gasteiger partial charge in [-0.15, -0.1) is 0 Å². The number of amides is 1. The van der Waals surface area contributed by atoms with Crippen LogP contribution in [0.15, 0.2) is 54.6 Å². The monoisotopic (exact) mass is 269 g/mol. The highest BCUT2D eigenvalue weighted by Gasteiger charge is 2.06. The summed E-state index contributed by atoms with van der Waals surface area (Å²) in [6.45, 7) is -0.370. The third kappa shape index (κ3) is 3.95. The average molecular weight is 269 g/mol. The standard InChI is InChI=1S/C16H15NO3/c18-15(19)11-17-16(20)14-8-6-13(7-9-14)10-12-4-2-1-3-5-12/h1-9H,10-11H2,(H,17,20)(H,18,19). The van der Waals surface area contributed by atoms with Crippen LogP contribution in [-0.2, 0) is 11.2 Å². The van der Waals surface area contributed by atoms with Gasteiger partial charge in [-0.1, -0.05) is 42.5 Å². The fourth-order valence-corrected chi connectivity index (χ4v) is 1.86. The van der Waals surface area contributed by atoms with Crippen molar-refractivity contribution in [3.05, 3.63) is 71.3 Å². The number of nitrogens with one attached hydrogen (secondary N) is 1. The van der Waals surface area contributed by atoms with E-state index >= 15 is 0 Å². The zero-order chi connectivity index (χ0) is 14.4. The van der Waals surface area contributed by atoms with Crippen molar-refractivity contribution in [1.29, 1.82) is 0 Å². The minimum atomic E-state index is -1.06. The molecule has 0 aromatic heterocycles. The smallest absolute Gasteiger partial charge is 0.322 e. The number of carbonyl (C=O) groups excluding carboxylic acids is 1. The quantitative estimate of drug-likeness (QED) is 0.873. The molecule has 2 aromatic rings. The maximum Gasteiger partial charge on any atom is 0.322 e. The molecule has 0 bridgehead atoms. The zero-order valence-corrected chi connectivity index (χ0v) is 10.9. The van der Waals surface area contributed by atoms with Crippen LogP contribution >= 0.6 is 0 Å². The summed E-state index contributed by atoms with van der Waals surface area (Å²) in [5, 5.41) is 10.8. The van der Waals surface area contributed by atoms with Crippen LogP contribution < -0.4 is 5.32 Å². The molecule has 2 rings (SSSR count). The zero-order valence-electron chi connectivity index (χ0n) is 10.9. The Hall–Kier alpha value is -2.62. The predicted octanol–water partition coefficient (Wildman–Crippen LogP) is 2.09. The van der Waals surface area contributed by atoms with E-state index in [0.717, 1.165) is 12.0 Å². The lowest BCUT2D eigenvalue weighted by Crippen LogP contribution is -2.29. The Bertz CT molecular complexity index is 591. The minimum Gasteiger partial charge on any atom is -0.480 e. The van der Waals surface area contributed by atoms with E-state index in [2.05, 4.69) is 5.32 Å². The molecule has 0 unspecified atom stereocenters. The van der Waals surface area contributed by atoms with E-state index in [1.165, 1.54) is 5.56 Å². The first-order valence-electron chi connectivity index (χ1n) is 6.28. The van der Waals surface area contributed by atoms with Gasteiger partial charge in [-0.25, -0.2) is 0 Å². The van der Waals surface area contributed by atoms with Crippen molar-refractivity contribution in [3.8, 4) is 0 Å². The molecule has 4 heteroatoms. The second-order valence-corrected chi connectivity index (χ2v) is 4.44. The van der Waals surface area contributed by atoms with Crippen LogP contribution in [0.1, 0.15) is 21.5 Å². The molecule has 0 aliphatic carbocycles. The summed E-state index contributed by atoms with van der Waals surface area (Å²) in [6, 6.07) is 17.2. The van der Waals surface area contributed by atoms with Gasteiger partial charge in [0.25, 0.3) is 5.91 Å². The molecule has 0 saturated heterocycles. The largest absolute Gasteiger partial charge is 0.480 e. The maximum atomic E-state index is 11.6. The molecule has 0 radical (unpaired) electrons. The lowest BCUT2D eigenvalue weighted by molar-refractivity contribution is -0.135. The van der Waals surface area contributed by atoms with Crippen molar-refractivity contribution >= 4 is 11.9 Å². The van der Waals surface area contributed by atoms with Crippen LogP contribution in [0.5, 0.6) is 0 Å². The van der Waals surface area contributed by atoms with Crippen molar-refractivity contribution in [2.24, 2.45) is 0 Å². The van der Waals surface area contributed by atoms with Gasteiger partial charge in [-0.3, -0.25) is 9.59 Å². The molecular weight excluding hydrogens is 254 g/mol. The van der Waals surface area contributed by atoms with E-state index in [1.54, 1.807) is 12.1 Å². The Kier molecular flexibility index (Phi) is 4.50. The lowest BCUT2D eigenvalue weighted by Gasteiger charge is -2.05. The van der Waals surface area contributed by atoms with E-state index in [0.29, 0.717) is 5.56 Å². The Balaban J connectivity index is 1.99. The second kappa shape index (κ2) is 6.52. The molecule has 20 heavy (non-hydrogen) atoms. The highest BCUT2D eigenvalue weighted by atomic mass is 16.4. The summed E-state index contributed by atoms with van der Waals surface area (Å²) in [4.78, 5) is 22.0. The van der Waals surface area contributed by atoms with Crippen LogP contribution in [-0.4, -0.2) is 23.5 Å². The van der Waals surface area contributed by atoms with Crippen molar-refractivity contribution < 1.29 is 14.7 Å². The fraction of sp³-hybridized carbons (Fsp3) is 0.125. The lowest BCUT2D eigenvalue weighted by atomic mass is 10.0. The molecule has 0 atom stereocenters. The van der Waals surface area contributed by atoms with Crippen molar-refractivity contribution in [2.45, 2.75) is 6.42 Å². The molecule has 0 saturated carbocycles. The highest BCUT2D eigenvalue weighted by Crippen LogP contribution is 2.10. The number of rotatable bonds is 5. The van der Waals surface area contributed by atoms with Gasteiger partial charge in [0, 0.05) is 5.56 Å². The molecule has 102 valence electrons. The number of hydrogen-bond donors (Lipinski definition) is 2. The molecule has 0 spiro atoms. The van der Waals surface area contributed by atoms with Crippen LogP contribution in [0, 0.1) is 0 Å². The third-order valence-electron chi connectivity index (χ3n) is 2.87. The minimum absolute atomic E-state index is 0.370. The van der Waals surface area contributed by atoms with Gasteiger partial charge >= 0.3 is 5.97 Å². The molecule has 0 fully saturated rings. The van der Waals surface area contributed by atoms with Gasteiger partial charge in [-0.05, 0) is 29.7 Å². The van der Waals surface area contributed by atoms with Crippen molar-refractivity contribution in [2.75, 3.05) is 6.54 Å². The molecule has 0 heterocycles. The van der Waals surface area contributed by atoms with Gasteiger partial charge in [0.05, 0.1) is 0 Å². The average Bonchev–Trinajstić information content (AvgIpc) is 2.46. The first kappa shape index (κ1) is 13.8. The Morgan fingerprint density at radius 2 is 1.50 bits per heavy atom. The number of aliphatic carboxylic acids is 1. The Labute approximate surface area is 117 Å². The summed E-state index contributed by atoms with van der Waals surface area (Å²) in [7, 11) is 0. The van der Waals surface area contributed by atoms with E-state index in [-0.39, 0.29) is 12.5 Å². The van der Waals surface area contributed by atoms with E-state index in [9.17, 15) is 9.59 Å². The molecule has 2 aromatic carbocycles. The van der Waals surface area contributed by atoms with Gasteiger partial charge < -0.3 is 10.4 Å². The molecule has 0 aliphatic heterocycles. The van der Waals surface area contributed by atoms with Gasteiger partial charge in [0.2, 0.25) is 0 Å². The number of benzene rings is 2. The fourth-order valence-electron chi connectivity index (χ4n) is 1.86. The van der Waals surface area contributed by atoms with Crippen molar-refractivity contribution in [1.82, 2.24) is 5.32 Å². The predicted molar refractivity (Wildman–Crippen MR) is 75.7 cm³/mol. The van der Waals surface area contributed by atoms with Crippen LogP contribution in [0.3, 0.4) is 0 Å². The number of carboxylic acids is 1. The summed E-state index contributed by atoms with van der Waals surface area (Å²) in [5.41, 5.74) is 2.77. The Morgan fingerprint density at radius 1 is 0.900 bits per heavy atom. The van der Waals surface area contributed by atoms with E-state index < -0.39 is 5.97 Å². The molecule has 1 amide bonds. The third-order valence-corrected chi connectivity index (χ3v) is 2.87. The number of hydrogen-bond acceptors (Lipinski definition) is 2. The number of carbonyl (C=O) groups is 2. The molecule has 4 nitrogen and oxygen atoms in total. The van der Waals surface area contributed by atoms with Gasteiger partial charge in [-0.2, -0.15) is 0 Å². The first-order chi connectivity index (χ1) is 9.65. The molecule has 2 N–H and O–H groups in total. The topological polar surface area (TPSA) is 66.4 Å². The van der Waals surface area contributed by atoms with Crippen molar-refractivity contribution in [3.63, 3.8) is 0 Å². The first-order valence-corrected chi connectivity index (χ1v) is 6.28. The molecule has 0 aliphatic rings. The summed E-state index contributed by atoms with van der Waals surface area (Å²) in [5.74, 6) is -1.43. The van der Waals surface area contributed by atoms with Gasteiger partial charge in [0.15, 0.2) is 0 Å². The number of carboxylic acid groups (broad SMARTS) is 1. The summed E-state index contributed by atoms with van der Waals surface area (Å²) in [6.07, 6.45) is 0.803. The summed E-state index contributed by atoms with van der Waals surface area (Å²) >= 11 is 0. The van der Waals surface area contributed by atoms with Crippen LogP contribution in [0.2, 0.25) is 0 Å². The Morgan fingerprint density at radius 3 is 2.10 bits per heavy atom.